The molecule has 2 atom stereocenters. The van der Waals surface area contributed by atoms with Crippen LogP contribution in [0, 0.1) is 0 Å². The van der Waals surface area contributed by atoms with E-state index in [1.54, 1.807) is 0 Å². The highest BCUT2D eigenvalue weighted by Gasteiger charge is 2.47. The summed E-state index contributed by atoms with van der Waals surface area (Å²) in [7, 11) is 0. The van der Waals surface area contributed by atoms with Crippen LogP contribution in [-0.2, 0) is 4.79 Å². The molecule has 3 aliphatic heterocycles. The van der Waals surface area contributed by atoms with E-state index in [-0.39, 0.29) is 6.04 Å². The van der Waals surface area contributed by atoms with Crippen molar-refractivity contribution < 1.29 is 4.79 Å². The summed E-state index contributed by atoms with van der Waals surface area (Å²) in [5.74, 6) is 0.356. The molecular formula is C8H12N2O. The van der Waals surface area contributed by atoms with Crippen molar-refractivity contribution in [1.29, 1.82) is 0 Å². The van der Waals surface area contributed by atoms with E-state index in [9.17, 15) is 4.79 Å². The Kier molecular flexibility index (Phi) is 0.969. The van der Waals surface area contributed by atoms with Crippen LogP contribution in [0.25, 0.3) is 0 Å². The first-order chi connectivity index (χ1) is 5.34. The lowest BCUT2D eigenvalue weighted by atomic mass is 9.90. The number of carbonyl (C=O) groups excluding carboxylic acids is 1. The quantitative estimate of drug-likeness (QED) is 0.560. The topological polar surface area (TPSA) is 32.3 Å². The second-order valence-corrected chi connectivity index (χ2v) is 3.87. The van der Waals surface area contributed by atoms with Crippen molar-refractivity contribution in [2.24, 2.45) is 0 Å². The van der Waals surface area contributed by atoms with Crippen molar-refractivity contribution in [2.45, 2.75) is 37.4 Å². The van der Waals surface area contributed by atoms with E-state index in [0.29, 0.717) is 18.0 Å². The molecule has 0 aromatic heterocycles. The summed E-state index contributed by atoms with van der Waals surface area (Å²) in [6.45, 7) is 0.972. The van der Waals surface area contributed by atoms with Gasteiger partial charge in [-0.1, -0.05) is 0 Å². The van der Waals surface area contributed by atoms with E-state index >= 15 is 0 Å². The van der Waals surface area contributed by atoms with Gasteiger partial charge in [-0.25, -0.2) is 0 Å². The molecule has 4 aliphatic rings. The number of nitrogens with one attached hydrogen (secondary N) is 1. The third-order valence-corrected chi connectivity index (χ3v) is 2.94. The van der Waals surface area contributed by atoms with Gasteiger partial charge in [-0.05, 0) is 19.3 Å². The number of nitrogens with zero attached hydrogens (tertiary/aromatic N) is 1. The van der Waals surface area contributed by atoms with Crippen molar-refractivity contribution in [3.05, 3.63) is 0 Å². The second kappa shape index (κ2) is 1.78. The monoisotopic (exact) mass is 152 g/mol. The molecule has 3 heteroatoms. The summed E-state index contributed by atoms with van der Waals surface area (Å²) in [4.78, 5) is 13.6. The maximum atomic E-state index is 11.5. The average molecular weight is 152 g/mol. The third-order valence-electron chi connectivity index (χ3n) is 2.94. The van der Waals surface area contributed by atoms with Gasteiger partial charge in [0, 0.05) is 18.6 Å². The highest BCUT2D eigenvalue weighted by molar-refractivity contribution is 5.85. The molecule has 3 nitrogen and oxygen atoms in total. The molecule has 0 radical (unpaired) electrons. The normalized spacial score (nSPS) is 42.2. The maximum Gasteiger partial charge on any atom is 0.240 e. The standard InChI is InChI=1S/C8H12N2O/c11-8-7-3-5(9-7)4-10(8)6-1-2-6/h5-7,9H,1-4H2/t5-,7?/m1/s1. The van der Waals surface area contributed by atoms with Gasteiger partial charge in [0.15, 0.2) is 0 Å². The zero-order valence-electron chi connectivity index (χ0n) is 6.42. The SMILES string of the molecule is O=C1C2C[C@H](CN1C1CC1)N2. The van der Waals surface area contributed by atoms with Crippen LogP contribution in [0.3, 0.4) is 0 Å². The lowest BCUT2D eigenvalue weighted by Gasteiger charge is -2.47. The summed E-state index contributed by atoms with van der Waals surface area (Å²) in [6, 6.07) is 1.43. The molecular weight excluding hydrogens is 140 g/mol. The summed E-state index contributed by atoms with van der Waals surface area (Å²) in [5, 5.41) is 3.25. The second-order valence-electron chi connectivity index (χ2n) is 3.87. The van der Waals surface area contributed by atoms with E-state index < -0.39 is 0 Å². The molecule has 4 rings (SSSR count). The summed E-state index contributed by atoms with van der Waals surface area (Å²) < 4.78 is 0. The van der Waals surface area contributed by atoms with Crippen LogP contribution in [0.2, 0.25) is 0 Å². The largest absolute Gasteiger partial charge is 0.337 e. The highest BCUT2D eigenvalue weighted by atomic mass is 16.2. The van der Waals surface area contributed by atoms with E-state index in [4.69, 9.17) is 0 Å². The van der Waals surface area contributed by atoms with Gasteiger partial charge in [-0.3, -0.25) is 4.79 Å². The fraction of sp³-hybridized carbons (Fsp3) is 0.875. The first-order valence-corrected chi connectivity index (χ1v) is 4.41. The van der Waals surface area contributed by atoms with E-state index in [2.05, 4.69) is 10.2 Å². The van der Waals surface area contributed by atoms with Gasteiger partial charge in [0.05, 0.1) is 6.04 Å². The number of rotatable bonds is 1. The van der Waals surface area contributed by atoms with Crippen molar-refractivity contribution in [3.63, 3.8) is 0 Å². The number of carbonyl (C=O) groups is 1. The van der Waals surface area contributed by atoms with Crippen LogP contribution >= 0.6 is 0 Å². The van der Waals surface area contributed by atoms with Crippen molar-refractivity contribution >= 4 is 5.91 Å². The van der Waals surface area contributed by atoms with E-state index in [1.807, 2.05) is 0 Å². The lowest BCUT2D eigenvalue weighted by Crippen LogP contribution is -2.70. The number of hydrogen-bond donors (Lipinski definition) is 1. The minimum absolute atomic E-state index is 0.189. The highest BCUT2D eigenvalue weighted by Crippen LogP contribution is 2.33. The molecule has 0 spiro atoms. The first kappa shape index (κ1) is 6.00. The Morgan fingerprint density at radius 2 is 2.18 bits per heavy atom. The Bertz CT molecular complexity index is 206. The number of piperidine rings is 1. The Morgan fingerprint density at radius 3 is 2.73 bits per heavy atom. The molecule has 1 unspecified atom stereocenters. The molecule has 0 aromatic carbocycles. The van der Waals surface area contributed by atoms with Crippen LogP contribution in [0.1, 0.15) is 19.3 Å². The van der Waals surface area contributed by atoms with Crippen LogP contribution < -0.4 is 5.32 Å². The molecule has 11 heavy (non-hydrogen) atoms. The molecule has 1 saturated carbocycles. The van der Waals surface area contributed by atoms with Gasteiger partial charge in [-0.15, -0.1) is 0 Å². The van der Waals surface area contributed by atoms with Crippen LogP contribution in [0.15, 0.2) is 0 Å². The fourth-order valence-corrected chi connectivity index (χ4v) is 2.09. The zero-order valence-corrected chi connectivity index (χ0v) is 6.42. The van der Waals surface area contributed by atoms with Gasteiger partial charge in [0.2, 0.25) is 5.91 Å². The Morgan fingerprint density at radius 1 is 1.45 bits per heavy atom. The van der Waals surface area contributed by atoms with Gasteiger partial charge >= 0.3 is 0 Å². The van der Waals surface area contributed by atoms with Gasteiger partial charge in [0.1, 0.15) is 0 Å². The number of hydrogen-bond acceptors (Lipinski definition) is 2. The van der Waals surface area contributed by atoms with E-state index in [1.165, 1.54) is 12.8 Å². The molecule has 3 saturated heterocycles. The Labute approximate surface area is 65.7 Å². The Hall–Kier alpha value is -0.570. The molecule has 1 aliphatic carbocycles. The number of fused-ring (bicyclic) bond motifs is 2. The zero-order chi connectivity index (χ0) is 7.42. The van der Waals surface area contributed by atoms with Gasteiger partial charge in [0.25, 0.3) is 0 Å². The molecule has 1 amide bonds. The lowest BCUT2D eigenvalue weighted by molar-refractivity contribution is -0.143. The molecule has 0 aromatic rings. The molecule has 2 bridgehead atoms. The van der Waals surface area contributed by atoms with Crippen LogP contribution in [0.5, 0.6) is 0 Å². The van der Waals surface area contributed by atoms with Crippen LogP contribution in [0.4, 0.5) is 0 Å². The van der Waals surface area contributed by atoms with Crippen LogP contribution in [-0.4, -0.2) is 35.5 Å². The average Bonchev–Trinajstić information content (AvgIpc) is 2.66. The maximum absolute atomic E-state index is 11.5. The molecule has 3 heterocycles. The van der Waals surface area contributed by atoms with E-state index in [0.717, 1.165) is 13.0 Å². The minimum atomic E-state index is 0.189. The summed E-state index contributed by atoms with van der Waals surface area (Å²) >= 11 is 0. The van der Waals surface area contributed by atoms with Crippen molar-refractivity contribution in [2.75, 3.05) is 6.54 Å². The Balaban J connectivity index is 1.79. The molecule has 1 N–H and O–H groups in total. The fourth-order valence-electron chi connectivity index (χ4n) is 2.09. The molecule has 60 valence electrons. The number of amides is 1. The minimum Gasteiger partial charge on any atom is -0.337 e. The predicted molar refractivity (Wildman–Crippen MR) is 40.1 cm³/mol. The van der Waals surface area contributed by atoms with Crippen molar-refractivity contribution in [1.82, 2.24) is 10.2 Å². The summed E-state index contributed by atoms with van der Waals surface area (Å²) in [5.41, 5.74) is 0. The van der Waals surface area contributed by atoms with Crippen molar-refractivity contribution in [3.8, 4) is 0 Å². The first-order valence-electron chi connectivity index (χ1n) is 4.41. The number of piperazine rings is 1. The van der Waals surface area contributed by atoms with Gasteiger partial charge in [-0.2, -0.15) is 0 Å². The van der Waals surface area contributed by atoms with Gasteiger partial charge < -0.3 is 10.2 Å². The third kappa shape index (κ3) is 0.745. The predicted octanol–water partition coefficient (Wildman–Crippen LogP) is -0.279. The smallest absolute Gasteiger partial charge is 0.240 e. The summed E-state index contributed by atoms with van der Waals surface area (Å²) in [6.07, 6.45) is 3.57. The molecule has 4 fully saturated rings.